The Morgan fingerprint density at radius 3 is 2.60 bits per heavy atom. The second-order valence-electron chi connectivity index (χ2n) is 5.51. The van der Waals surface area contributed by atoms with Gasteiger partial charge in [0.2, 0.25) is 0 Å². The van der Waals surface area contributed by atoms with Gasteiger partial charge in [0, 0.05) is 29.5 Å². The lowest BCUT2D eigenvalue weighted by Crippen LogP contribution is -2.24. The molecule has 0 aromatic heterocycles. The molecule has 0 aliphatic carbocycles. The molecule has 2 N–H and O–H groups in total. The first kappa shape index (κ1) is 19.2. The van der Waals surface area contributed by atoms with Crippen molar-refractivity contribution in [1.29, 1.82) is 0 Å². The molecule has 0 saturated heterocycles. The van der Waals surface area contributed by atoms with E-state index < -0.39 is 0 Å². The first-order valence-corrected chi connectivity index (χ1v) is 9.11. The smallest absolute Gasteiger partial charge is 0.191 e. The van der Waals surface area contributed by atoms with Gasteiger partial charge in [-0.1, -0.05) is 36.7 Å². The molecule has 2 rings (SSSR count). The Morgan fingerprint density at radius 2 is 1.96 bits per heavy atom. The molecule has 0 amide bonds. The molecule has 0 heterocycles. The molecule has 2 aromatic carbocycles. The number of halogens is 1. The van der Waals surface area contributed by atoms with Gasteiger partial charge in [0.1, 0.15) is 0 Å². The van der Waals surface area contributed by atoms with Crippen molar-refractivity contribution in [3.8, 4) is 0 Å². The predicted octanol–water partition coefficient (Wildman–Crippen LogP) is 4.90. The zero-order valence-electron chi connectivity index (χ0n) is 14.5. The number of nitrogens with zero attached hydrogens (tertiary/aromatic N) is 2. The maximum atomic E-state index is 5.94. The van der Waals surface area contributed by atoms with Crippen LogP contribution in [-0.2, 0) is 0 Å². The minimum Gasteiger partial charge on any atom is -0.372 e. The van der Waals surface area contributed by atoms with E-state index in [1.165, 1.54) is 5.69 Å². The van der Waals surface area contributed by atoms with Crippen LogP contribution in [0.5, 0.6) is 0 Å². The zero-order valence-corrected chi connectivity index (χ0v) is 16.1. The molecule has 0 atom stereocenters. The van der Waals surface area contributed by atoms with Crippen LogP contribution in [0.1, 0.15) is 25.8 Å². The van der Waals surface area contributed by atoms with E-state index >= 15 is 0 Å². The van der Waals surface area contributed by atoms with E-state index in [1.807, 2.05) is 30.3 Å². The molecule has 0 aliphatic rings. The van der Waals surface area contributed by atoms with Crippen molar-refractivity contribution in [2.45, 2.75) is 20.3 Å². The van der Waals surface area contributed by atoms with Gasteiger partial charge in [-0.25, -0.2) is 0 Å². The number of nitrogens with one attached hydrogen (secondary N) is 2. The summed E-state index contributed by atoms with van der Waals surface area (Å²) in [5, 5.41) is 8.26. The van der Waals surface area contributed by atoms with Crippen LogP contribution >= 0.6 is 23.8 Å². The second kappa shape index (κ2) is 10.0. The number of hydrogen-bond acceptors (Lipinski definition) is 3. The third kappa shape index (κ3) is 6.36. The first-order valence-electron chi connectivity index (χ1n) is 8.33. The Labute approximate surface area is 159 Å². The van der Waals surface area contributed by atoms with Crippen molar-refractivity contribution in [1.82, 2.24) is 5.43 Å². The Kier molecular flexibility index (Phi) is 7.70. The normalized spacial score (nSPS) is 10.7. The number of anilines is 2. The minimum atomic E-state index is 0.412. The summed E-state index contributed by atoms with van der Waals surface area (Å²) in [7, 11) is 0. The first-order chi connectivity index (χ1) is 12.1. The molecule has 0 bridgehead atoms. The summed E-state index contributed by atoms with van der Waals surface area (Å²) in [6.45, 7) is 6.43. The van der Waals surface area contributed by atoms with Gasteiger partial charge < -0.3 is 10.2 Å². The van der Waals surface area contributed by atoms with Gasteiger partial charge in [-0.2, -0.15) is 5.10 Å². The highest BCUT2D eigenvalue weighted by Crippen LogP contribution is 2.15. The van der Waals surface area contributed by atoms with Crippen molar-refractivity contribution < 1.29 is 0 Å². The van der Waals surface area contributed by atoms with Gasteiger partial charge in [0.15, 0.2) is 5.11 Å². The number of hydrogen-bond donors (Lipinski definition) is 2. The van der Waals surface area contributed by atoms with Crippen LogP contribution in [0.25, 0.3) is 0 Å². The van der Waals surface area contributed by atoms with E-state index in [9.17, 15) is 0 Å². The summed E-state index contributed by atoms with van der Waals surface area (Å²) in [5.41, 5.74) is 5.86. The van der Waals surface area contributed by atoms with Gasteiger partial charge >= 0.3 is 0 Å². The monoisotopic (exact) mass is 374 g/mol. The highest BCUT2D eigenvalue weighted by molar-refractivity contribution is 7.80. The number of rotatable bonds is 7. The lowest BCUT2D eigenvalue weighted by molar-refractivity contribution is 0.792. The molecule has 0 spiro atoms. The van der Waals surface area contributed by atoms with Gasteiger partial charge in [0.25, 0.3) is 0 Å². The van der Waals surface area contributed by atoms with E-state index in [0.717, 1.165) is 30.8 Å². The fourth-order valence-corrected chi connectivity index (χ4v) is 2.76. The number of thiocarbonyl (C=S) groups is 1. The van der Waals surface area contributed by atoms with E-state index in [0.29, 0.717) is 10.1 Å². The molecule has 0 unspecified atom stereocenters. The molecule has 0 radical (unpaired) electrons. The second-order valence-corrected chi connectivity index (χ2v) is 6.35. The molecule has 4 nitrogen and oxygen atoms in total. The third-order valence-electron chi connectivity index (χ3n) is 3.60. The molecule has 0 aliphatic heterocycles. The molecular formula is C19H23ClN4S. The van der Waals surface area contributed by atoms with Crippen molar-refractivity contribution >= 4 is 46.5 Å². The van der Waals surface area contributed by atoms with Gasteiger partial charge in [-0.05, 0) is 61.5 Å². The molecule has 0 saturated carbocycles. The van der Waals surface area contributed by atoms with E-state index in [-0.39, 0.29) is 0 Å². The van der Waals surface area contributed by atoms with E-state index in [2.05, 4.69) is 46.7 Å². The average Bonchev–Trinajstić information content (AvgIpc) is 2.60. The fraction of sp³-hybridized carbons (Fsp3) is 0.263. The summed E-state index contributed by atoms with van der Waals surface area (Å²) >= 11 is 11.1. The van der Waals surface area contributed by atoms with Crippen LogP contribution in [-0.4, -0.2) is 24.4 Å². The minimum absolute atomic E-state index is 0.412. The molecule has 132 valence electrons. The van der Waals surface area contributed by atoms with Crippen LogP contribution in [0.2, 0.25) is 5.02 Å². The Bertz CT molecular complexity index is 716. The summed E-state index contributed by atoms with van der Waals surface area (Å²) in [6, 6.07) is 15.7. The summed E-state index contributed by atoms with van der Waals surface area (Å²) in [6.07, 6.45) is 2.88. The largest absolute Gasteiger partial charge is 0.372 e. The van der Waals surface area contributed by atoms with Crippen LogP contribution in [0.15, 0.2) is 53.6 Å². The Morgan fingerprint density at radius 1 is 1.20 bits per heavy atom. The van der Waals surface area contributed by atoms with Gasteiger partial charge in [-0.3, -0.25) is 5.43 Å². The molecule has 0 fully saturated rings. The fourth-order valence-electron chi connectivity index (χ4n) is 2.40. The molecule has 6 heteroatoms. The maximum absolute atomic E-state index is 5.94. The lowest BCUT2D eigenvalue weighted by Gasteiger charge is -2.22. The van der Waals surface area contributed by atoms with Gasteiger partial charge in [-0.15, -0.1) is 0 Å². The van der Waals surface area contributed by atoms with Crippen molar-refractivity contribution in [2.24, 2.45) is 5.10 Å². The number of hydrazone groups is 1. The number of benzene rings is 2. The third-order valence-corrected chi connectivity index (χ3v) is 4.02. The van der Waals surface area contributed by atoms with Crippen LogP contribution < -0.4 is 15.6 Å². The molecular weight excluding hydrogens is 352 g/mol. The zero-order chi connectivity index (χ0) is 18.1. The average molecular weight is 375 g/mol. The van der Waals surface area contributed by atoms with Crippen molar-refractivity contribution in [3.05, 3.63) is 59.1 Å². The topological polar surface area (TPSA) is 39.7 Å². The molecule has 2 aromatic rings. The highest BCUT2D eigenvalue weighted by Gasteiger charge is 2.02. The van der Waals surface area contributed by atoms with Crippen molar-refractivity contribution in [2.75, 3.05) is 23.3 Å². The summed E-state index contributed by atoms with van der Waals surface area (Å²) < 4.78 is 0. The van der Waals surface area contributed by atoms with Crippen LogP contribution in [0, 0.1) is 0 Å². The Hall–Kier alpha value is -2.11. The standard InChI is InChI=1S/C19H23ClN4S/c1-3-12-24(4-2)18-10-8-15(9-11-18)14-21-23-19(25)22-17-7-5-6-16(20)13-17/h5-11,13-14H,3-4,12H2,1-2H3,(H2,22,23,25)/b21-14-. The SMILES string of the molecule is CCCN(CC)c1ccc(/C=N\NC(=S)Nc2cccc(Cl)c2)cc1. The Balaban J connectivity index is 1.88. The van der Waals surface area contributed by atoms with Crippen LogP contribution in [0.3, 0.4) is 0 Å². The molecule has 25 heavy (non-hydrogen) atoms. The highest BCUT2D eigenvalue weighted by atomic mass is 35.5. The predicted molar refractivity (Wildman–Crippen MR) is 113 cm³/mol. The summed E-state index contributed by atoms with van der Waals surface area (Å²) in [5.74, 6) is 0. The van der Waals surface area contributed by atoms with E-state index in [4.69, 9.17) is 23.8 Å². The van der Waals surface area contributed by atoms with E-state index in [1.54, 1.807) is 12.3 Å². The van der Waals surface area contributed by atoms with Gasteiger partial charge in [0.05, 0.1) is 6.21 Å². The van der Waals surface area contributed by atoms with Crippen molar-refractivity contribution in [3.63, 3.8) is 0 Å². The lowest BCUT2D eigenvalue weighted by atomic mass is 10.2. The maximum Gasteiger partial charge on any atom is 0.191 e. The van der Waals surface area contributed by atoms with Crippen LogP contribution in [0.4, 0.5) is 11.4 Å². The summed E-state index contributed by atoms with van der Waals surface area (Å²) in [4.78, 5) is 2.35. The quantitative estimate of drug-likeness (QED) is 0.411.